The maximum atomic E-state index is 13.2. The number of rotatable bonds is 11. The Hall–Kier alpha value is -3.32. The first kappa shape index (κ1) is 24.3. The molecule has 7 heteroatoms. The van der Waals surface area contributed by atoms with Gasteiger partial charge in [-0.3, -0.25) is 4.79 Å². The molecular formula is C26H33N3O4. The van der Waals surface area contributed by atoms with Gasteiger partial charge in [-0.05, 0) is 36.2 Å². The van der Waals surface area contributed by atoms with E-state index in [0.29, 0.717) is 32.5 Å². The Kier molecular flexibility index (Phi) is 8.49. The summed E-state index contributed by atoms with van der Waals surface area (Å²) in [6.07, 6.45) is 1.00. The Morgan fingerprint density at radius 1 is 0.970 bits per heavy atom. The van der Waals surface area contributed by atoms with Crippen LogP contribution in [0.2, 0.25) is 0 Å². The van der Waals surface area contributed by atoms with Gasteiger partial charge in [0.2, 0.25) is 5.91 Å². The summed E-state index contributed by atoms with van der Waals surface area (Å²) in [6.45, 7) is 1.43. The predicted octanol–water partition coefficient (Wildman–Crippen LogP) is 3.93. The lowest BCUT2D eigenvalue weighted by Crippen LogP contribution is -2.34. The van der Waals surface area contributed by atoms with E-state index in [4.69, 9.17) is 19.2 Å². The van der Waals surface area contributed by atoms with Crippen molar-refractivity contribution in [2.75, 3.05) is 53.5 Å². The van der Waals surface area contributed by atoms with Gasteiger partial charge in [0.1, 0.15) is 17.3 Å². The first-order valence-corrected chi connectivity index (χ1v) is 11.0. The minimum absolute atomic E-state index is 0.0671. The predicted molar refractivity (Wildman–Crippen MR) is 131 cm³/mol. The van der Waals surface area contributed by atoms with E-state index in [9.17, 15) is 4.79 Å². The quantitative estimate of drug-likeness (QED) is 0.440. The molecule has 0 aliphatic heterocycles. The highest BCUT2D eigenvalue weighted by Crippen LogP contribution is 2.27. The number of hydrogen-bond donors (Lipinski definition) is 0. The molecule has 0 aliphatic rings. The van der Waals surface area contributed by atoms with Crippen molar-refractivity contribution in [1.29, 1.82) is 0 Å². The van der Waals surface area contributed by atoms with Crippen LogP contribution in [0.15, 0.2) is 48.5 Å². The summed E-state index contributed by atoms with van der Waals surface area (Å²) in [5.74, 6) is 2.46. The number of aryl methyl sites for hydroxylation is 1. The van der Waals surface area contributed by atoms with Gasteiger partial charge >= 0.3 is 0 Å². The van der Waals surface area contributed by atoms with Crippen LogP contribution in [0.25, 0.3) is 10.9 Å². The van der Waals surface area contributed by atoms with Gasteiger partial charge in [0.15, 0.2) is 0 Å². The number of carbonyl (C=O) groups is 1. The molecule has 176 valence electrons. The summed E-state index contributed by atoms with van der Waals surface area (Å²) in [5.41, 5.74) is 2.86. The van der Waals surface area contributed by atoms with E-state index in [1.807, 2.05) is 66.4 Å². The van der Waals surface area contributed by atoms with Gasteiger partial charge in [0.05, 0.1) is 26.3 Å². The van der Waals surface area contributed by atoms with Crippen LogP contribution >= 0.6 is 0 Å². The molecule has 0 spiro atoms. The zero-order valence-electron chi connectivity index (χ0n) is 20.1. The number of pyridine rings is 1. The van der Waals surface area contributed by atoms with Crippen molar-refractivity contribution in [1.82, 2.24) is 9.88 Å². The van der Waals surface area contributed by atoms with E-state index < -0.39 is 0 Å². The van der Waals surface area contributed by atoms with Crippen molar-refractivity contribution < 1.29 is 19.0 Å². The molecule has 0 aliphatic carbocycles. The number of hydrogen-bond acceptors (Lipinski definition) is 6. The van der Waals surface area contributed by atoms with E-state index in [2.05, 4.69) is 6.07 Å². The van der Waals surface area contributed by atoms with Crippen LogP contribution in [0, 0.1) is 0 Å². The number of anilines is 1. The third-order valence-corrected chi connectivity index (χ3v) is 5.58. The third kappa shape index (κ3) is 6.14. The van der Waals surface area contributed by atoms with Crippen molar-refractivity contribution in [3.05, 3.63) is 59.7 Å². The van der Waals surface area contributed by atoms with E-state index >= 15 is 0 Å². The highest BCUT2D eigenvalue weighted by Gasteiger charge is 2.19. The molecule has 0 saturated carbocycles. The summed E-state index contributed by atoms with van der Waals surface area (Å²) >= 11 is 0. The molecule has 0 bridgehead atoms. The van der Waals surface area contributed by atoms with Gasteiger partial charge in [0, 0.05) is 57.7 Å². The Morgan fingerprint density at radius 2 is 1.76 bits per heavy atom. The maximum absolute atomic E-state index is 13.2. The van der Waals surface area contributed by atoms with Crippen molar-refractivity contribution >= 4 is 22.6 Å². The first-order valence-electron chi connectivity index (χ1n) is 11.0. The second kappa shape index (κ2) is 11.5. The summed E-state index contributed by atoms with van der Waals surface area (Å²) in [5, 5.41) is 1.00. The van der Waals surface area contributed by atoms with E-state index in [-0.39, 0.29) is 5.91 Å². The number of carbonyl (C=O) groups excluding carboxylic acids is 1. The van der Waals surface area contributed by atoms with Gasteiger partial charge in [-0.2, -0.15) is 0 Å². The van der Waals surface area contributed by atoms with Gasteiger partial charge in [0.25, 0.3) is 0 Å². The number of ether oxygens (including phenoxy) is 3. The number of nitrogens with zero attached hydrogens (tertiary/aromatic N) is 3. The fraction of sp³-hybridized carbons (Fsp3) is 0.385. The lowest BCUT2D eigenvalue weighted by molar-refractivity contribution is -0.132. The van der Waals surface area contributed by atoms with Crippen LogP contribution in [0.3, 0.4) is 0 Å². The number of amides is 1. The SMILES string of the molecule is COCCN(Cc1cc2ccc(OC)cc2nc1N(C)C)C(=O)CCc1ccccc1OC. The van der Waals surface area contributed by atoms with Gasteiger partial charge < -0.3 is 24.0 Å². The molecule has 7 nitrogen and oxygen atoms in total. The molecule has 0 unspecified atom stereocenters. The Bertz CT molecular complexity index is 1080. The van der Waals surface area contributed by atoms with Crippen LogP contribution in [0.5, 0.6) is 11.5 Å². The fourth-order valence-electron chi connectivity index (χ4n) is 3.82. The molecular weight excluding hydrogens is 418 g/mol. The Balaban J connectivity index is 1.85. The number of fused-ring (bicyclic) bond motifs is 1. The van der Waals surface area contributed by atoms with E-state index in [1.54, 1.807) is 21.3 Å². The lowest BCUT2D eigenvalue weighted by atomic mass is 10.1. The van der Waals surface area contributed by atoms with Crippen LogP contribution in [-0.4, -0.2) is 64.4 Å². The molecule has 1 aromatic heterocycles. The standard InChI is InChI=1S/C26H33N3O4/c1-28(2)26-21(16-20-10-12-22(32-4)17-23(20)27-26)18-29(14-15-31-3)25(30)13-11-19-8-6-7-9-24(19)33-5/h6-10,12,16-17H,11,13-15,18H2,1-5H3. The summed E-state index contributed by atoms with van der Waals surface area (Å²) in [6, 6.07) is 15.7. The third-order valence-electron chi connectivity index (χ3n) is 5.58. The number of benzene rings is 2. The molecule has 0 fully saturated rings. The molecule has 2 aromatic carbocycles. The normalized spacial score (nSPS) is 10.8. The maximum Gasteiger partial charge on any atom is 0.223 e. The van der Waals surface area contributed by atoms with Gasteiger partial charge in [-0.1, -0.05) is 18.2 Å². The molecule has 33 heavy (non-hydrogen) atoms. The largest absolute Gasteiger partial charge is 0.497 e. The number of aromatic nitrogens is 1. The molecule has 0 radical (unpaired) electrons. The second-order valence-corrected chi connectivity index (χ2v) is 8.04. The molecule has 3 rings (SSSR count). The van der Waals surface area contributed by atoms with E-state index in [1.165, 1.54) is 0 Å². The molecule has 1 heterocycles. The van der Waals surface area contributed by atoms with Crippen LogP contribution < -0.4 is 14.4 Å². The summed E-state index contributed by atoms with van der Waals surface area (Å²) in [7, 11) is 8.86. The molecule has 0 saturated heterocycles. The molecule has 0 N–H and O–H groups in total. The Morgan fingerprint density at radius 3 is 2.45 bits per heavy atom. The second-order valence-electron chi connectivity index (χ2n) is 8.04. The molecule has 3 aromatic rings. The first-order chi connectivity index (χ1) is 16.0. The molecule has 1 amide bonds. The minimum Gasteiger partial charge on any atom is -0.497 e. The van der Waals surface area contributed by atoms with Crippen LogP contribution in [0.1, 0.15) is 17.5 Å². The van der Waals surface area contributed by atoms with Crippen LogP contribution in [0.4, 0.5) is 5.82 Å². The van der Waals surface area contributed by atoms with E-state index in [0.717, 1.165) is 39.3 Å². The smallest absolute Gasteiger partial charge is 0.223 e. The van der Waals surface area contributed by atoms with Gasteiger partial charge in [-0.25, -0.2) is 4.98 Å². The zero-order chi connectivity index (χ0) is 23.8. The lowest BCUT2D eigenvalue weighted by Gasteiger charge is -2.25. The summed E-state index contributed by atoms with van der Waals surface area (Å²) < 4.78 is 16.1. The fourth-order valence-corrected chi connectivity index (χ4v) is 3.82. The summed E-state index contributed by atoms with van der Waals surface area (Å²) in [4.78, 5) is 21.9. The molecule has 0 atom stereocenters. The van der Waals surface area contributed by atoms with Gasteiger partial charge in [-0.15, -0.1) is 0 Å². The average molecular weight is 452 g/mol. The van der Waals surface area contributed by atoms with Crippen molar-refractivity contribution in [3.63, 3.8) is 0 Å². The van der Waals surface area contributed by atoms with Crippen molar-refractivity contribution in [2.24, 2.45) is 0 Å². The average Bonchev–Trinajstić information content (AvgIpc) is 2.84. The van der Waals surface area contributed by atoms with Crippen LogP contribution in [-0.2, 0) is 22.5 Å². The topological polar surface area (TPSA) is 64.1 Å². The number of para-hydroxylation sites is 1. The monoisotopic (exact) mass is 451 g/mol. The van der Waals surface area contributed by atoms with Crippen molar-refractivity contribution in [3.8, 4) is 11.5 Å². The Labute approximate surface area is 195 Å². The minimum atomic E-state index is 0.0671. The zero-order valence-corrected chi connectivity index (χ0v) is 20.1. The number of methoxy groups -OCH3 is 3. The highest BCUT2D eigenvalue weighted by atomic mass is 16.5. The van der Waals surface area contributed by atoms with Crippen molar-refractivity contribution in [2.45, 2.75) is 19.4 Å². The highest BCUT2D eigenvalue weighted by molar-refractivity contribution is 5.83.